The summed E-state index contributed by atoms with van der Waals surface area (Å²) in [5, 5.41) is 10.5. The number of pyridine rings is 2. The molecule has 0 atom stereocenters. The number of fused-ring (bicyclic) bond motifs is 9. The lowest BCUT2D eigenvalue weighted by Gasteiger charge is -2.12. The molecule has 0 spiro atoms. The molecule has 0 bridgehead atoms. The molecular weight excluding hydrogens is 541 g/mol. The average molecular weight is 565 g/mol. The van der Waals surface area contributed by atoms with E-state index in [4.69, 9.17) is 0 Å². The Morgan fingerprint density at radius 3 is 1.42 bits per heavy atom. The van der Waals surface area contributed by atoms with Gasteiger partial charge in [0.15, 0.2) is 0 Å². The number of hydrogen-bond donors (Lipinski definition) is 0. The number of thiophene rings is 1. The molecular formula is C40H24N2S. The lowest BCUT2D eigenvalue weighted by Crippen LogP contribution is -1.87. The molecule has 0 saturated heterocycles. The fourth-order valence-electron chi connectivity index (χ4n) is 6.63. The summed E-state index contributed by atoms with van der Waals surface area (Å²) in [5.41, 5.74) is 7.12. The summed E-state index contributed by atoms with van der Waals surface area (Å²) in [6.45, 7) is 0. The van der Waals surface area contributed by atoms with Crippen molar-refractivity contribution in [3.63, 3.8) is 0 Å². The van der Waals surface area contributed by atoms with Gasteiger partial charge in [0, 0.05) is 45.0 Å². The first-order chi connectivity index (χ1) is 21.3. The highest BCUT2D eigenvalue weighted by molar-refractivity contribution is 7.26. The predicted molar refractivity (Wildman–Crippen MR) is 184 cm³/mol. The van der Waals surface area contributed by atoms with Crippen LogP contribution in [-0.2, 0) is 0 Å². The Kier molecular flexibility index (Phi) is 5.40. The Morgan fingerprint density at radius 1 is 0.349 bits per heavy atom. The molecule has 2 nitrogen and oxygen atoms in total. The highest BCUT2D eigenvalue weighted by atomic mass is 32.1. The van der Waals surface area contributed by atoms with Crippen molar-refractivity contribution in [1.82, 2.24) is 9.97 Å². The fraction of sp³-hybridized carbons (Fsp3) is 0. The van der Waals surface area contributed by atoms with Crippen LogP contribution in [0.1, 0.15) is 0 Å². The molecule has 0 unspecified atom stereocenters. The normalized spacial score (nSPS) is 11.7. The van der Waals surface area contributed by atoms with Crippen molar-refractivity contribution in [2.45, 2.75) is 0 Å². The summed E-state index contributed by atoms with van der Waals surface area (Å²) in [7, 11) is 0. The van der Waals surface area contributed by atoms with Gasteiger partial charge in [-0.3, -0.25) is 9.97 Å². The summed E-state index contributed by atoms with van der Waals surface area (Å²) < 4.78 is 2.63. The number of nitrogens with zero attached hydrogens (tertiary/aromatic N) is 2. The summed E-state index contributed by atoms with van der Waals surface area (Å²) >= 11 is 1.90. The van der Waals surface area contributed by atoms with Crippen molar-refractivity contribution >= 4 is 63.8 Å². The van der Waals surface area contributed by atoms with E-state index in [9.17, 15) is 0 Å². The molecule has 200 valence electrons. The zero-order chi connectivity index (χ0) is 28.3. The molecule has 3 aromatic heterocycles. The molecule has 9 rings (SSSR count). The topological polar surface area (TPSA) is 25.8 Å². The minimum Gasteiger partial charge on any atom is -0.265 e. The maximum absolute atomic E-state index is 4.25. The van der Waals surface area contributed by atoms with E-state index in [1.165, 1.54) is 74.7 Å². The lowest BCUT2D eigenvalue weighted by atomic mass is 9.92. The quantitative estimate of drug-likeness (QED) is 0.199. The zero-order valence-corrected chi connectivity index (χ0v) is 24.0. The van der Waals surface area contributed by atoms with Gasteiger partial charge in [-0.2, -0.15) is 0 Å². The molecule has 0 N–H and O–H groups in total. The maximum atomic E-state index is 4.25. The third kappa shape index (κ3) is 3.86. The second-order valence-electron chi connectivity index (χ2n) is 11.0. The van der Waals surface area contributed by atoms with Gasteiger partial charge < -0.3 is 0 Å². The van der Waals surface area contributed by atoms with Crippen LogP contribution in [0.5, 0.6) is 0 Å². The van der Waals surface area contributed by atoms with Crippen molar-refractivity contribution in [2.75, 3.05) is 0 Å². The summed E-state index contributed by atoms with van der Waals surface area (Å²) in [6.07, 6.45) is 7.44. The van der Waals surface area contributed by atoms with E-state index in [1.807, 2.05) is 36.1 Å². The van der Waals surface area contributed by atoms with Gasteiger partial charge in [0.1, 0.15) is 0 Å². The monoisotopic (exact) mass is 564 g/mol. The minimum absolute atomic E-state index is 1.15. The van der Waals surface area contributed by atoms with Crippen LogP contribution >= 0.6 is 11.3 Å². The summed E-state index contributed by atoms with van der Waals surface area (Å²) in [6, 6.07) is 44.4. The van der Waals surface area contributed by atoms with E-state index < -0.39 is 0 Å². The molecule has 0 aliphatic rings. The Hall–Kier alpha value is -5.38. The highest BCUT2D eigenvalue weighted by Gasteiger charge is 2.16. The van der Waals surface area contributed by atoms with Crippen LogP contribution in [0.4, 0.5) is 0 Å². The van der Waals surface area contributed by atoms with Crippen LogP contribution in [-0.4, -0.2) is 9.97 Å². The molecule has 3 heteroatoms. The van der Waals surface area contributed by atoms with Crippen LogP contribution in [0, 0.1) is 0 Å². The van der Waals surface area contributed by atoms with Crippen LogP contribution in [0.2, 0.25) is 0 Å². The van der Waals surface area contributed by atoms with Crippen molar-refractivity contribution in [1.29, 1.82) is 0 Å². The third-order valence-corrected chi connectivity index (χ3v) is 9.83. The van der Waals surface area contributed by atoms with Gasteiger partial charge in [-0.15, -0.1) is 11.3 Å². The first-order valence-electron chi connectivity index (χ1n) is 14.5. The lowest BCUT2D eigenvalue weighted by molar-refractivity contribution is 1.33. The van der Waals surface area contributed by atoms with Gasteiger partial charge in [0.25, 0.3) is 0 Å². The molecule has 0 fully saturated rings. The molecule has 0 radical (unpaired) electrons. The van der Waals surface area contributed by atoms with E-state index in [0.717, 1.165) is 11.1 Å². The number of rotatable bonds is 3. The van der Waals surface area contributed by atoms with Gasteiger partial charge in [-0.1, -0.05) is 66.7 Å². The molecule has 0 aliphatic carbocycles. The standard InChI is InChI=1S/C40H24N2S/c1-3-8-33-31(6-1)32-7-2-4-9-34(32)37-24-39-38(23-36(33)37)35-11-5-10-30(40(35)43-39)29-21-27(25-12-16-41-17-13-25)20-28(22-29)26-14-18-42-19-15-26/h1-24H. The van der Waals surface area contributed by atoms with E-state index >= 15 is 0 Å². The maximum Gasteiger partial charge on any atom is 0.0433 e. The second kappa shape index (κ2) is 9.59. The van der Waals surface area contributed by atoms with Crippen LogP contribution in [0.15, 0.2) is 146 Å². The van der Waals surface area contributed by atoms with Gasteiger partial charge in [0.2, 0.25) is 0 Å². The molecule has 0 amide bonds. The van der Waals surface area contributed by atoms with Crippen LogP contribution in [0.3, 0.4) is 0 Å². The van der Waals surface area contributed by atoms with Crippen molar-refractivity contribution in [3.05, 3.63) is 146 Å². The summed E-state index contributed by atoms with van der Waals surface area (Å²) in [4.78, 5) is 8.50. The molecule has 0 saturated carbocycles. The molecule has 0 aliphatic heterocycles. The number of benzene rings is 6. The summed E-state index contributed by atoms with van der Waals surface area (Å²) in [5.74, 6) is 0. The molecule has 3 heterocycles. The minimum atomic E-state index is 1.15. The third-order valence-electron chi connectivity index (χ3n) is 8.63. The van der Waals surface area contributed by atoms with Gasteiger partial charge in [-0.05, 0) is 120 Å². The van der Waals surface area contributed by atoms with Crippen LogP contribution < -0.4 is 0 Å². The fourth-order valence-corrected chi connectivity index (χ4v) is 7.89. The zero-order valence-electron chi connectivity index (χ0n) is 23.2. The van der Waals surface area contributed by atoms with Gasteiger partial charge in [0.05, 0.1) is 0 Å². The Labute approximate surface area is 252 Å². The van der Waals surface area contributed by atoms with Crippen LogP contribution in [0.25, 0.3) is 85.9 Å². The van der Waals surface area contributed by atoms with Crippen molar-refractivity contribution in [3.8, 4) is 33.4 Å². The van der Waals surface area contributed by atoms with Gasteiger partial charge >= 0.3 is 0 Å². The molecule has 6 aromatic carbocycles. The SMILES string of the molecule is c1cc(-c2cc(-c3ccncc3)cc(-c3ccncc3)c2)c2sc3cc4c5ccccc5c5ccccc5c4cc3c2c1. The first kappa shape index (κ1) is 24.2. The van der Waals surface area contributed by atoms with Crippen molar-refractivity contribution in [2.24, 2.45) is 0 Å². The van der Waals surface area contributed by atoms with E-state index in [2.05, 4.69) is 131 Å². The van der Waals surface area contributed by atoms with E-state index in [-0.39, 0.29) is 0 Å². The average Bonchev–Trinajstić information content (AvgIpc) is 3.46. The first-order valence-corrected chi connectivity index (χ1v) is 15.3. The van der Waals surface area contributed by atoms with Crippen molar-refractivity contribution < 1.29 is 0 Å². The second-order valence-corrected chi connectivity index (χ2v) is 12.1. The van der Waals surface area contributed by atoms with E-state index in [0.29, 0.717) is 0 Å². The number of hydrogen-bond acceptors (Lipinski definition) is 3. The predicted octanol–water partition coefficient (Wildman–Crippen LogP) is 11.3. The Balaban J connectivity index is 1.34. The van der Waals surface area contributed by atoms with E-state index in [1.54, 1.807) is 0 Å². The highest BCUT2D eigenvalue weighted by Crippen LogP contribution is 2.45. The smallest absolute Gasteiger partial charge is 0.0433 e. The number of aromatic nitrogens is 2. The Bertz CT molecular complexity index is 2440. The molecule has 43 heavy (non-hydrogen) atoms. The molecule has 9 aromatic rings. The largest absolute Gasteiger partial charge is 0.265 e. The Morgan fingerprint density at radius 2 is 0.837 bits per heavy atom. The van der Waals surface area contributed by atoms with Gasteiger partial charge in [-0.25, -0.2) is 0 Å².